The molecule has 2 rings (SSSR count). The molecule has 1 fully saturated rings. The van der Waals surface area contributed by atoms with Gasteiger partial charge < -0.3 is 10.8 Å². The van der Waals surface area contributed by atoms with Crippen LogP contribution in [0.3, 0.4) is 0 Å². The molecule has 3 N–H and O–H groups in total. The normalized spacial score (nSPS) is 27.8. The molecule has 0 saturated heterocycles. The number of hydrogen-bond acceptors (Lipinski definition) is 4. The van der Waals surface area contributed by atoms with Crippen molar-refractivity contribution in [3.63, 3.8) is 0 Å². The van der Waals surface area contributed by atoms with Crippen LogP contribution in [0.15, 0.2) is 6.20 Å². The molecule has 0 aromatic carbocycles. The van der Waals surface area contributed by atoms with Gasteiger partial charge in [0.05, 0.1) is 12.3 Å². The molecule has 5 heteroatoms. The van der Waals surface area contributed by atoms with Crippen molar-refractivity contribution in [3.8, 4) is 0 Å². The Labute approximate surface area is 82.9 Å². The van der Waals surface area contributed by atoms with Crippen molar-refractivity contribution in [2.75, 3.05) is 5.73 Å². The van der Waals surface area contributed by atoms with Crippen LogP contribution in [-0.4, -0.2) is 26.2 Å². The number of aromatic nitrogens is 3. The van der Waals surface area contributed by atoms with E-state index in [4.69, 9.17) is 5.73 Å². The van der Waals surface area contributed by atoms with Crippen LogP contribution in [0.1, 0.15) is 25.7 Å². The zero-order valence-corrected chi connectivity index (χ0v) is 8.13. The first kappa shape index (κ1) is 9.45. The summed E-state index contributed by atoms with van der Waals surface area (Å²) in [5.41, 5.74) is 5.47. The van der Waals surface area contributed by atoms with Crippen molar-refractivity contribution in [3.05, 3.63) is 6.20 Å². The number of nitrogens with two attached hydrogens (primary N) is 1. The molecule has 0 aliphatic heterocycles. The van der Waals surface area contributed by atoms with Crippen molar-refractivity contribution in [1.29, 1.82) is 0 Å². The van der Waals surface area contributed by atoms with Gasteiger partial charge in [-0.25, -0.2) is 0 Å². The zero-order chi connectivity index (χ0) is 9.97. The molecule has 1 aromatic heterocycles. The number of nitrogens with zero attached hydrogens (tertiary/aromatic N) is 3. The van der Waals surface area contributed by atoms with Crippen LogP contribution in [0.4, 0.5) is 5.82 Å². The van der Waals surface area contributed by atoms with E-state index < -0.39 is 0 Å². The molecule has 78 valence electrons. The Morgan fingerprint density at radius 3 is 3.07 bits per heavy atom. The van der Waals surface area contributed by atoms with Crippen LogP contribution >= 0.6 is 0 Å². The van der Waals surface area contributed by atoms with Gasteiger partial charge in [-0.3, -0.25) is 4.68 Å². The first-order valence-corrected chi connectivity index (χ1v) is 5.07. The molecule has 1 aromatic rings. The third kappa shape index (κ3) is 2.23. The molecular formula is C9H16N4O. The quantitative estimate of drug-likeness (QED) is 0.718. The van der Waals surface area contributed by atoms with E-state index in [1.54, 1.807) is 10.9 Å². The highest BCUT2D eigenvalue weighted by molar-refractivity contribution is 5.19. The Morgan fingerprint density at radius 2 is 2.43 bits per heavy atom. The highest BCUT2D eigenvalue weighted by Crippen LogP contribution is 2.25. The van der Waals surface area contributed by atoms with E-state index in [1.165, 1.54) is 0 Å². The zero-order valence-electron chi connectivity index (χ0n) is 8.13. The number of rotatable bonds is 2. The summed E-state index contributed by atoms with van der Waals surface area (Å²) in [4.78, 5) is 0. The lowest BCUT2D eigenvalue weighted by atomic mass is 9.87. The van der Waals surface area contributed by atoms with Crippen LogP contribution in [0, 0.1) is 5.92 Å². The van der Waals surface area contributed by atoms with Crippen molar-refractivity contribution >= 4 is 5.82 Å². The second-order valence-corrected chi connectivity index (χ2v) is 4.05. The molecule has 0 spiro atoms. The molecule has 2 unspecified atom stereocenters. The van der Waals surface area contributed by atoms with Crippen LogP contribution in [0.5, 0.6) is 0 Å². The van der Waals surface area contributed by atoms with E-state index in [-0.39, 0.29) is 6.10 Å². The Morgan fingerprint density at radius 1 is 1.57 bits per heavy atom. The highest BCUT2D eigenvalue weighted by atomic mass is 16.3. The summed E-state index contributed by atoms with van der Waals surface area (Å²) in [5, 5.41) is 17.1. The summed E-state index contributed by atoms with van der Waals surface area (Å²) in [7, 11) is 0. The van der Waals surface area contributed by atoms with Gasteiger partial charge in [0.2, 0.25) is 0 Å². The molecule has 0 amide bonds. The maximum absolute atomic E-state index is 9.49. The fourth-order valence-electron chi connectivity index (χ4n) is 2.10. The summed E-state index contributed by atoms with van der Waals surface area (Å²) in [6.45, 7) is 0.821. The van der Waals surface area contributed by atoms with E-state index in [0.29, 0.717) is 11.7 Å². The predicted octanol–water partition coefficient (Wildman–Crippen LogP) is 0.411. The molecule has 5 nitrogen and oxygen atoms in total. The van der Waals surface area contributed by atoms with E-state index in [2.05, 4.69) is 10.3 Å². The SMILES string of the molecule is Nc1cn(CC2CCCC(O)C2)nn1. The molecule has 2 atom stereocenters. The Hall–Kier alpha value is -1.10. The second-order valence-electron chi connectivity index (χ2n) is 4.05. The number of aliphatic hydroxyl groups is 1. The first-order chi connectivity index (χ1) is 6.74. The average Bonchev–Trinajstić information content (AvgIpc) is 2.51. The van der Waals surface area contributed by atoms with Gasteiger partial charge in [0.15, 0.2) is 5.82 Å². The molecule has 1 aliphatic carbocycles. The Balaban J connectivity index is 1.90. The molecule has 14 heavy (non-hydrogen) atoms. The summed E-state index contributed by atoms with van der Waals surface area (Å²) in [5.74, 6) is 0.973. The van der Waals surface area contributed by atoms with Crippen LogP contribution in [0.2, 0.25) is 0 Å². The Kier molecular flexibility index (Phi) is 2.67. The fourth-order valence-corrected chi connectivity index (χ4v) is 2.10. The summed E-state index contributed by atoms with van der Waals surface area (Å²) in [6.07, 6.45) is 5.69. The predicted molar refractivity (Wildman–Crippen MR) is 52.4 cm³/mol. The van der Waals surface area contributed by atoms with Gasteiger partial charge in [0.1, 0.15) is 0 Å². The minimum atomic E-state index is -0.130. The van der Waals surface area contributed by atoms with Crippen molar-refractivity contribution < 1.29 is 5.11 Å². The number of aliphatic hydroxyl groups excluding tert-OH is 1. The highest BCUT2D eigenvalue weighted by Gasteiger charge is 2.20. The van der Waals surface area contributed by atoms with Gasteiger partial charge in [-0.15, -0.1) is 5.10 Å². The minimum Gasteiger partial charge on any atom is -0.393 e. The van der Waals surface area contributed by atoms with Crippen LogP contribution in [0.25, 0.3) is 0 Å². The largest absolute Gasteiger partial charge is 0.393 e. The summed E-state index contributed by atoms with van der Waals surface area (Å²) in [6, 6.07) is 0. The Bertz CT molecular complexity index is 299. The van der Waals surface area contributed by atoms with Gasteiger partial charge in [-0.2, -0.15) is 0 Å². The average molecular weight is 196 g/mol. The second kappa shape index (κ2) is 3.96. The lowest BCUT2D eigenvalue weighted by Gasteiger charge is -2.25. The van der Waals surface area contributed by atoms with Crippen molar-refractivity contribution in [1.82, 2.24) is 15.0 Å². The first-order valence-electron chi connectivity index (χ1n) is 5.07. The van der Waals surface area contributed by atoms with Crippen molar-refractivity contribution in [2.45, 2.75) is 38.3 Å². The maximum atomic E-state index is 9.49. The van der Waals surface area contributed by atoms with Gasteiger partial charge in [0, 0.05) is 6.54 Å². The van der Waals surface area contributed by atoms with Gasteiger partial charge in [0.25, 0.3) is 0 Å². The van der Waals surface area contributed by atoms with E-state index in [9.17, 15) is 5.11 Å². The van der Waals surface area contributed by atoms with Gasteiger partial charge in [-0.1, -0.05) is 11.6 Å². The molecule has 1 heterocycles. The molecule has 0 bridgehead atoms. The number of anilines is 1. The maximum Gasteiger partial charge on any atom is 0.165 e. The summed E-state index contributed by atoms with van der Waals surface area (Å²) >= 11 is 0. The van der Waals surface area contributed by atoms with Crippen LogP contribution in [-0.2, 0) is 6.54 Å². The number of nitrogen functional groups attached to an aromatic ring is 1. The van der Waals surface area contributed by atoms with Gasteiger partial charge >= 0.3 is 0 Å². The standard InChI is InChI=1S/C9H16N4O/c10-9-6-13(12-11-9)5-7-2-1-3-8(14)4-7/h6-8,14H,1-5,10H2. The van der Waals surface area contributed by atoms with E-state index in [1.807, 2.05) is 0 Å². The molecule has 1 saturated carbocycles. The minimum absolute atomic E-state index is 0.130. The lowest BCUT2D eigenvalue weighted by molar-refractivity contribution is 0.0939. The summed E-state index contributed by atoms with van der Waals surface area (Å²) < 4.78 is 1.76. The molecular weight excluding hydrogens is 180 g/mol. The number of hydrogen-bond donors (Lipinski definition) is 2. The van der Waals surface area contributed by atoms with Gasteiger partial charge in [-0.05, 0) is 25.2 Å². The fraction of sp³-hybridized carbons (Fsp3) is 0.778. The monoisotopic (exact) mass is 196 g/mol. The van der Waals surface area contributed by atoms with Crippen molar-refractivity contribution in [2.24, 2.45) is 5.92 Å². The smallest absolute Gasteiger partial charge is 0.165 e. The van der Waals surface area contributed by atoms with E-state index in [0.717, 1.165) is 32.2 Å². The third-order valence-corrected chi connectivity index (χ3v) is 2.76. The topological polar surface area (TPSA) is 77.0 Å². The van der Waals surface area contributed by atoms with Crippen LogP contribution < -0.4 is 5.73 Å². The third-order valence-electron chi connectivity index (χ3n) is 2.76. The molecule has 0 radical (unpaired) electrons. The lowest BCUT2D eigenvalue weighted by Crippen LogP contribution is -2.23. The molecule has 1 aliphatic rings. The van der Waals surface area contributed by atoms with E-state index >= 15 is 0 Å².